The van der Waals surface area contributed by atoms with Crippen molar-refractivity contribution in [1.29, 1.82) is 0 Å². The maximum atomic E-state index is 11.3. The van der Waals surface area contributed by atoms with Crippen LogP contribution in [0.15, 0.2) is 39.7 Å². The molecule has 2 atom stereocenters. The van der Waals surface area contributed by atoms with Gasteiger partial charge >= 0.3 is 0 Å². The van der Waals surface area contributed by atoms with Crippen LogP contribution in [0.4, 0.5) is 0 Å². The van der Waals surface area contributed by atoms with Gasteiger partial charge in [-0.15, -0.1) is 0 Å². The molecule has 0 aliphatic rings. The molecule has 22 heavy (non-hydrogen) atoms. The largest absolute Gasteiger partial charge is 0.370 e. The number of H-pyrrole nitrogens is 1. The van der Waals surface area contributed by atoms with Gasteiger partial charge in [0.25, 0.3) is 0 Å². The van der Waals surface area contributed by atoms with Gasteiger partial charge in [-0.1, -0.05) is 33.6 Å². The lowest BCUT2D eigenvalue weighted by molar-refractivity contribution is 0.00711. The van der Waals surface area contributed by atoms with Gasteiger partial charge in [-0.05, 0) is 56.0 Å². The summed E-state index contributed by atoms with van der Waals surface area (Å²) in [7, 11) is 0. The molecule has 1 aromatic carbocycles. The molecule has 2 rings (SSSR count). The van der Waals surface area contributed by atoms with E-state index in [1.54, 1.807) is 12.3 Å². The van der Waals surface area contributed by atoms with Crippen LogP contribution in [0.25, 0.3) is 0 Å². The Labute approximate surface area is 143 Å². The highest BCUT2D eigenvalue weighted by atomic mass is 79.9. The molecule has 5 heteroatoms. The Morgan fingerprint density at radius 2 is 2.05 bits per heavy atom. The van der Waals surface area contributed by atoms with Crippen LogP contribution in [0.1, 0.15) is 36.6 Å². The first-order valence-corrected chi connectivity index (χ1v) is 8.32. The van der Waals surface area contributed by atoms with Gasteiger partial charge in [0.05, 0.1) is 12.2 Å². The number of benzene rings is 1. The lowest BCUT2D eigenvalue weighted by Crippen LogP contribution is -2.17. The molecule has 0 aliphatic carbocycles. The second kappa shape index (κ2) is 7.44. The van der Waals surface area contributed by atoms with Gasteiger partial charge in [0.15, 0.2) is 0 Å². The van der Waals surface area contributed by atoms with Crippen molar-refractivity contribution in [3.05, 3.63) is 67.0 Å². The number of rotatable bonds is 5. The molecule has 0 bridgehead atoms. The van der Waals surface area contributed by atoms with Gasteiger partial charge in [-0.2, -0.15) is 0 Å². The SMILES string of the molecule is Cc1cc(=O)[nH]cc1C(C)OC(C)Cc1ccc(Cl)cc1Br. The molecule has 1 N–H and O–H groups in total. The lowest BCUT2D eigenvalue weighted by Gasteiger charge is -2.21. The van der Waals surface area contributed by atoms with Gasteiger partial charge in [0.2, 0.25) is 5.56 Å². The molecule has 1 heterocycles. The van der Waals surface area contributed by atoms with Crippen LogP contribution < -0.4 is 5.56 Å². The maximum absolute atomic E-state index is 11.3. The fraction of sp³-hybridized carbons (Fsp3) is 0.353. The summed E-state index contributed by atoms with van der Waals surface area (Å²) in [5.74, 6) is 0. The minimum absolute atomic E-state index is 0.0406. The number of ether oxygens (including phenoxy) is 1. The van der Waals surface area contributed by atoms with Crippen molar-refractivity contribution in [3.8, 4) is 0 Å². The average Bonchev–Trinajstić information content (AvgIpc) is 2.41. The van der Waals surface area contributed by atoms with Crippen molar-refractivity contribution in [2.75, 3.05) is 0 Å². The van der Waals surface area contributed by atoms with Crippen molar-refractivity contribution in [3.63, 3.8) is 0 Å². The summed E-state index contributed by atoms with van der Waals surface area (Å²) in [4.78, 5) is 14.0. The van der Waals surface area contributed by atoms with Crippen LogP contribution in [0.5, 0.6) is 0 Å². The molecule has 0 radical (unpaired) electrons. The van der Waals surface area contributed by atoms with E-state index in [2.05, 4.69) is 20.9 Å². The Balaban J connectivity index is 2.04. The number of halogens is 2. The predicted molar refractivity (Wildman–Crippen MR) is 93.6 cm³/mol. The Hall–Kier alpha value is -1.10. The summed E-state index contributed by atoms with van der Waals surface area (Å²) in [6.07, 6.45) is 2.47. The smallest absolute Gasteiger partial charge is 0.248 e. The van der Waals surface area contributed by atoms with E-state index in [-0.39, 0.29) is 17.8 Å². The number of hydrogen-bond acceptors (Lipinski definition) is 2. The number of hydrogen-bond donors (Lipinski definition) is 1. The number of aromatic amines is 1. The second-order valence-electron chi connectivity index (χ2n) is 5.46. The topological polar surface area (TPSA) is 42.1 Å². The van der Waals surface area contributed by atoms with E-state index in [9.17, 15) is 4.79 Å². The highest BCUT2D eigenvalue weighted by Crippen LogP contribution is 2.25. The summed E-state index contributed by atoms with van der Waals surface area (Å²) in [6.45, 7) is 5.96. The van der Waals surface area contributed by atoms with Crippen LogP contribution in [0.2, 0.25) is 5.02 Å². The third kappa shape index (κ3) is 4.45. The number of nitrogens with one attached hydrogen (secondary N) is 1. The fourth-order valence-corrected chi connectivity index (χ4v) is 3.33. The van der Waals surface area contributed by atoms with E-state index in [1.807, 2.05) is 39.0 Å². The van der Waals surface area contributed by atoms with Gasteiger partial charge < -0.3 is 9.72 Å². The van der Waals surface area contributed by atoms with Gasteiger partial charge in [0.1, 0.15) is 0 Å². The second-order valence-corrected chi connectivity index (χ2v) is 6.76. The van der Waals surface area contributed by atoms with E-state index < -0.39 is 0 Å². The van der Waals surface area contributed by atoms with Crippen molar-refractivity contribution in [2.24, 2.45) is 0 Å². The Kier molecular flexibility index (Phi) is 5.84. The van der Waals surface area contributed by atoms with Crippen LogP contribution in [0.3, 0.4) is 0 Å². The van der Waals surface area contributed by atoms with Gasteiger partial charge in [-0.25, -0.2) is 0 Å². The van der Waals surface area contributed by atoms with E-state index >= 15 is 0 Å². The summed E-state index contributed by atoms with van der Waals surface area (Å²) >= 11 is 9.48. The first-order valence-electron chi connectivity index (χ1n) is 7.15. The first-order chi connectivity index (χ1) is 10.4. The quantitative estimate of drug-likeness (QED) is 0.804. The number of pyridine rings is 1. The molecule has 0 amide bonds. The molecule has 2 unspecified atom stereocenters. The average molecular weight is 385 g/mol. The number of aromatic nitrogens is 1. The molecular formula is C17H19BrClNO2. The first kappa shape index (κ1) is 17.3. The molecule has 0 saturated carbocycles. The minimum Gasteiger partial charge on any atom is -0.370 e. The van der Waals surface area contributed by atoms with E-state index in [0.717, 1.165) is 27.6 Å². The Morgan fingerprint density at radius 3 is 2.68 bits per heavy atom. The minimum atomic E-state index is -0.0911. The van der Waals surface area contributed by atoms with Crippen molar-refractivity contribution < 1.29 is 4.74 Å². The van der Waals surface area contributed by atoms with Gasteiger partial charge in [0, 0.05) is 21.8 Å². The van der Waals surface area contributed by atoms with Crippen LogP contribution >= 0.6 is 27.5 Å². The van der Waals surface area contributed by atoms with Crippen molar-refractivity contribution in [1.82, 2.24) is 4.98 Å². The fourth-order valence-electron chi connectivity index (χ4n) is 2.49. The molecule has 1 aromatic heterocycles. The zero-order valence-corrected chi connectivity index (χ0v) is 15.2. The van der Waals surface area contributed by atoms with E-state index in [4.69, 9.17) is 16.3 Å². The lowest BCUT2D eigenvalue weighted by atomic mass is 10.1. The summed E-state index contributed by atoms with van der Waals surface area (Å²) < 4.78 is 7.06. The summed E-state index contributed by atoms with van der Waals surface area (Å²) in [6, 6.07) is 7.36. The summed E-state index contributed by atoms with van der Waals surface area (Å²) in [5.41, 5.74) is 3.01. The molecule has 0 spiro atoms. The molecule has 118 valence electrons. The third-order valence-electron chi connectivity index (χ3n) is 3.57. The number of aryl methyl sites for hydroxylation is 1. The summed E-state index contributed by atoms with van der Waals surface area (Å²) in [5, 5.41) is 0.710. The molecule has 3 nitrogen and oxygen atoms in total. The molecule has 2 aromatic rings. The predicted octanol–water partition coefficient (Wildman–Crippen LogP) is 4.81. The zero-order valence-electron chi connectivity index (χ0n) is 12.8. The molecule has 0 saturated heterocycles. The molecular weight excluding hydrogens is 366 g/mol. The van der Waals surface area contributed by atoms with Gasteiger partial charge in [-0.3, -0.25) is 4.79 Å². The Morgan fingerprint density at radius 1 is 1.32 bits per heavy atom. The highest BCUT2D eigenvalue weighted by Gasteiger charge is 2.15. The van der Waals surface area contributed by atoms with Crippen LogP contribution in [0, 0.1) is 6.92 Å². The maximum Gasteiger partial charge on any atom is 0.248 e. The van der Waals surface area contributed by atoms with Crippen LogP contribution in [-0.2, 0) is 11.2 Å². The molecule has 0 aliphatic heterocycles. The standard InChI is InChI=1S/C17H19BrClNO2/c1-10-6-17(21)20-9-15(10)12(3)22-11(2)7-13-4-5-14(19)8-16(13)18/h4-6,8-9,11-12H,7H2,1-3H3,(H,20,21). The highest BCUT2D eigenvalue weighted by molar-refractivity contribution is 9.10. The monoisotopic (exact) mass is 383 g/mol. The van der Waals surface area contributed by atoms with Crippen molar-refractivity contribution in [2.45, 2.75) is 39.4 Å². The third-order valence-corrected chi connectivity index (χ3v) is 4.54. The van der Waals surface area contributed by atoms with Crippen LogP contribution in [-0.4, -0.2) is 11.1 Å². The van der Waals surface area contributed by atoms with E-state index in [0.29, 0.717) is 5.02 Å². The Bertz CT molecular complexity index is 714. The van der Waals surface area contributed by atoms with E-state index in [1.165, 1.54) is 0 Å². The van der Waals surface area contributed by atoms with Crippen molar-refractivity contribution >= 4 is 27.5 Å². The normalized spacial score (nSPS) is 13.9. The molecule has 0 fully saturated rings. The zero-order chi connectivity index (χ0) is 16.3.